The lowest BCUT2D eigenvalue weighted by Crippen LogP contribution is -2.45. The van der Waals surface area contributed by atoms with Gasteiger partial charge in [0.05, 0.1) is 6.61 Å². The quantitative estimate of drug-likeness (QED) is 0.448. The summed E-state index contributed by atoms with van der Waals surface area (Å²) in [5.41, 5.74) is -3.52. The number of nitrogens with one attached hydrogen (secondary N) is 1. The van der Waals surface area contributed by atoms with Crippen LogP contribution in [0.15, 0.2) is 21.9 Å². The lowest BCUT2D eigenvalue weighted by molar-refractivity contribution is -0.0948. The van der Waals surface area contributed by atoms with Gasteiger partial charge in [-0.05, 0) is 0 Å². The van der Waals surface area contributed by atoms with Gasteiger partial charge in [0.1, 0.15) is 18.3 Å². The highest BCUT2D eigenvalue weighted by Crippen LogP contribution is 2.35. The van der Waals surface area contributed by atoms with Crippen LogP contribution in [0.2, 0.25) is 0 Å². The third kappa shape index (κ3) is 1.96. The number of aromatic nitrogens is 2. The second-order valence-corrected chi connectivity index (χ2v) is 4.12. The highest BCUT2D eigenvalue weighted by atomic mass is 16.6. The molecule has 102 valence electrons. The Hall–Kier alpha value is -1.99. The van der Waals surface area contributed by atoms with Crippen molar-refractivity contribution >= 4 is 0 Å². The van der Waals surface area contributed by atoms with Crippen LogP contribution in [-0.2, 0) is 4.74 Å². The first kappa shape index (κ1) is 13.4. The van der Waals surface area contributed by atoms with Gasteiger partial charge >= 0.3 is 5.69 Å². The summed E-state index contributed by atoms with van der Waals surface area (Å²) < 4.78 is 5.93. The number of hydrogen-bond donors (Lipinski definition) is 4. The fourth-order valence-corrected chi connectivity index (χ4v) is 1.89. The highest BCUT2D eigenvalue weighted by molar-refractivity contribution is 5.14. The van der Waals surface area contributed by atoms with E-state index in [1.165, 1.54) is 0 Å². The van der Waals surface area contributed by atoms with Crippen LogP contribution in [-0.4, -0.2) is 49.3 Å². The summed E-state index contributed by atoms with van der Waals surface area (Å²) in [6.45, 7) is -0.851. The molecule has 4 atom stereocenters. The van der Waals surface area contributed by atoms with E-state index in [1.807, 2.05) is 4.98 Å². The second-order valence-electron chi connectivity index (χ2n) is 4.12. The molecule has 0 saturated carbocycles. The number of aliphatic hydroxyl groups excluding tert-OH is 3. The molecule has 1 fully saturated rings. The molecule has 0 aromatic carbocycles. The number of nitriles is 1. The van der Waals surface area contributed by atoms with Crippen molar-refractivity contribution < 1.29 is 20.1 Å². The van der Waals surface area contributed by atoms with E-state index in [-0.39, 0.29) is 0 Å². The van der Waals surface area contributed by atoms with Crippen LogP contribution in [0.25, 0.3) is 0 Å². The SMILES string of the molecule is N#C[C@]1(CO)O[C@@H](n2ccc(=O)[nH]c2=O)[C@H](O)[C@@H]1O. The average molecular weight is 269 g/mol. The Bertz CT molecular complexity index is 631. The van der Waals surface area contributed by atoms with Gasteiger partial charge in [-0.15, -0.1) is 0 Å². The molecule has 1 aromatic rings. The second kappa shape index (κ2) is 4.60. The number of aromatic amines is 1. The number of H-pyrrole nitrogens is 1. The molecular formula is C10H11N3O6. The summed E-state index contributed by atoms with van der Waals surface area (Å²) in [4.78, 5) is 24.4. The Kier molecular flexibility index (Phi) is 3.25. The number of aliphatic hydroxyl groups is 3. The van der Waals surface area contributed by atoms with Crippen LogP contribution in [0.1, 0.15) is 6.23 Å². The van der Waals surface area contributed by atoms with E-state index in [2.05, 4.69) is 0 Å². The molecule has 9 heteroatoms. The fourth-order valence-electron chi connectivity index (χ4n) is 1.89. The molecule has 0 unspecified atom stereocenters. The zero-order chi connectivity index (χ0) is 14.2. The molecule has 0 bridgehead atoms. The summed E-state index contributed by atoms with van der Waals surface area (Å²) in [5.74, 6) is 0. The van der Waals surface area contributed by atoms with Crippen LogP contribution in [0, 0.1) is 11.3 Å². The van der Waals surface area contributed by atoms with E-state index in [0.717, 1.165) is 16.8 Å². The van der Waals surface area contributed by atoms with Gasteiger partial charge in [-0.3, -0.25) is 14.3 Å². The van der Waals surface area contributed by atoms with Gasteiger partial charge in [0, 0.05) is 12.3 Å². The summed E-state index contributed by atoms with van der Waals surface area (Å²) >= 11 is 0. The van der Waals surface area contributed by atoms with Gasteiger partial charge in [0.2, 0.25) is 5.60 Å². The first-order valence-corrected chi connectivity index (χ1v) is 5.33. The molecule has 19 heavy (non-hydrogen) atoms. The first-order valence-electron chi connectivity index (χ1n) is 5.33. The number of ether oxygens (including phenoxy) is 1. The van der Waals surface area contributed by atoms with Crippen molar-refractivity contribution in [3.8, 4) is 6.07 Å². The van der Waals surface area contributed by atoms with Gasteiger partial charge in [-0.25, -0.2) is 4.79 Å². The summed E-state index contributed by atoms with van der Waals surface area (Å²) in [6.07, 6.45) is -3.61. The predicted molar refractivity (Wildman–Crippen MR) is 58.9 cm³/mol. The largest absolute Gasteiger partial charge is 0.392 e. The average Bonchev–Trinajstić information content (AvgIpc) is 2.64. The molecule has 1 aromatic heterocycles. The molecule has 2 heterocycles. The third-order valence-electron chi connectivity index (χ3n) is 2.97. The van der Waals surface area contributed by atoms with Crippen molar-refractivity contribution in [2.45, 2.75) is 24.0 Å². The normalized spacial score (nSPS) is 34.1. The first-order chi connectivity index (χ1) is 8.95. The van der Waals surface area contributed by atoms with E-state index in [4.69, 9.17) is 15.1 Å². The van der Waals surface area contributed by atoms with Crippen LogP contribution < -0.4 is 11.2 Å². The minimum atomic E-state index is -2.01. The Morgan fingerprint density at radius 3 is 2.68 bits per heavy atom. The maximum Gasteiger partial charge on any atom is 0.330 e. The van der Waals surface area contributed by atoms with Gasteiger partial charge in [-0.1, -0.05) is 0 Å². The molecule has 9 nitrogen and oxygen atoms in total. The van der Waals surface area contributed by atoms with Gasteiger partial charge in [0.25, 0.3) is 5.56 Å². The van der Waals surface area contributed by atoms with Crippen molar-refractivity contribution in [1.29, 1.82) is 5.26 Å². The predicted octanol–water partition coefficient (Wildman–Crippen LogP) is -2.96. The highest BCUT2D eigenvalue weighted by Gasteiger charge is 2.55. The summed E-state index contributed by atoms with van der Waals surface area (Å²) in [5, 5.41) is 37.6. The van der Waals surface area contributed by atoms with Crippen molar-refractivity contribution in [2.24, 2.45) is 0 Å². The van der Waals surface area contributed by atoms with Crippen molar-refractivity contribution in [3.05, 3.63) is 33.1 Å². The van der Waals surface area contributed by atoms with Crippen LogP contribution in [0.5, 0.6) is 0 Å². The molecule has 0 amide bonds. The Morgan fingerprint density at radius 1 is 1.53 bits per heavy atom. The van der Waals surface area contributed by atoms with E-state index in [0.29, 0.717) is 0 Å². The molecule has 4 N–H and O–H groups in total. The molecule has 0 radical (unpaired) electrons. The monoisotopic (exact) mass is 269 g/mol. The summed E-state index contributed by atoms with van der Waals surface area (Å²) in [6, 6.07) is 2.59. The van der Waals surface area contributed by atoms with Crippen molar-refractivity contribution in [3.63, 3.8) is 0 Å². The molecule has 2 rings (SSSR count). The van der Waals surface area contributed by atoms with E-state index in [9.17, 15) is 19.8 Å². The number of hydrogen-bond acceptors (Lipinski definition) is 7. The Labute approximate surface area is 105 Å². The number of nitrogens with zero attached hydrogens (tertiary/aromatic N) is 2. The van der Waals surface area contributed by atoms with Gasteiger partial charge in [-0.2, -0.15) is 5.26 Å². The summed E-state index contributed by atoms with van der Waals surface area (Å²) in [7, 11) is 0. The minimum absolute atomic E-state index is 0.636. The van der Waals surface area contributed by atoms with Gasteiger partial charge < -0.3 is 20.1 Å². The smallest absolute Gasteiger partial charge is 0.330 e. The third-order valence-corrected chi connectivity index (χ3v) is 2.97. The Balaban J connectivity index is 2.46. The lowest BCUT2D eigenvalue weighted by Gasteiger charge is -2.21. The van der Waals surface area contributed by atoms with Crippen LogP contribution in [0.3, 0.4) is 0 Å². The van der Waals surface area contributed by atoms with Crippen molar-refractivity contribution in [1.82, 2.24) is 9.55 Å². The van der Waals surface area contributed by atoms with E-state index < -0.39 is 41.9 Å². The molecule has 1 aliphatic rings. The minimum Gasteiger partial charge on any atom is -0.392 e. The maximum atomic E-state index is 11.6. The lowest BCUT2D eigenvalue weighted by atomic mass is 9.98. The molecular weight excluding hydrogens is 258 g/mol. The molecule has 0 aliphatic carbocycles. The topological polar surface area (TPSA) is 149 Å². The Morgan fingerprint density at radius 2 is 2.21 bits per heavy atom. The molecule has 1 aliphatic heterocycles. The van der Waals surface area contributed by atoms with E-state index >= 15 is 0 Å². The van der Waals surface area contributed by atoms with E-state index in [1.54, 1.807) is 6.07 Å². The fraction of sp³-hybridized carbons (Fsp3) is 0.500. The number of rotatable bonds is 2. The standard InChI is InChI=1S/C10H11N3O6/c11-3-10(4-14)7(17)6(16)8(19-10)13-2-1-5(15)12-9(13)18/h1-2,6-8,14,16-17H,4H2,(H,12,15,18)/t6-,7+,8-,10-/m1/s1. The zero-order valence-corrected chi connectivity index (χ0v) is 9.55. The van der Waals surface area contributed by atoms with Crippen LogP contribution >= 0.6 is 0 Å². The maximum absolute atomic E-state index is 11.6. The van der Waals surface area contributed by atoms with Crippen LogP contribution in [0.4, 0.5) is 0 Å². The van der Waals surface area contributed by atoms with Gasteiger partial charge in [0.15, 0.2) is 6.23 Å². The molecule has 1 saturated heterocycles. The molecule has 0 spiro atoms. The van der Waals surface area contributed by atoms with Crippen molar-refractivity contribution in [2.75, 3.05) is 6.61 Å². The zero-order valence-electron chi connectivity index (χ0n) is 9.55.